The van der Waals surface area contributed by atoms with Crippen LogP contribution in [0.1, 0.15) is 31.1 Å². The van der Waals surface area contributed by atoms with Crippen LogP contribution in [0.4, 0.5) is 0 Å². The third kappa shape index (κ3) is 7.52. The molecular formula is C31H27Cl3O4. The number of rotatable bonds is 8. The molecule has 4 aromatic carbocycles. The van der Waals surface area contributed by atoms with Crippen LogP contribution < -0.4 is 9.47 Å². The normalized spacial score (nSPS) is 11.3. The molecule has 0 saturated heterocycles. The maximum absolute atomic E-state index is 12.6. The van der Waals surface area contributed by atoms with Crippen molar-refractivity contribution in [2.45, 2.75) is 26.4 Å². The monoisotopic (exact) mass is 568 g/mol. The van der Waals surface area contributed by atoms with Gasteiger partial charge in [-0.1, -0.05) is 83.3 Å². The molecule has 0 aliphatic heterocycles. The minimum atomic E-state index is -0.540. The summed E-state index contributed by atoms with van der Waals surface area (Å²) in [7, 11) is 0. The van der Waals surface area contributed by atoms with Gasteiger partial charge < -0.3 is 14.2 Å². The highest BCUT2D eigenvalue weighted by Crippen LogP contribution is 2.34. The molecule has 4 nitrogen and oxygen atoms in total. The Labute approximate surface area is 238 Å². The van der Waals surface area contributed by atoms with Crippen LogP contribution in [-0.4, -0.2) is 24.8 Å². The van der Waals surface area contributed by atoms with E-state index in [2.05, 4.69) is 12.1 Å². The van der Waals surface area contributed by atoms with Gasteiger partial charge in [0.2, 0.25) is 0 Å². The van der Waals surface area contributed by atoms with Crippen molar-refractivity contribution < 1.29 is 19.0 Å². The Morgan fingerprint density at radius 3 is 1.66 bits per heavy atom. The van der Waals surface area contributed by atoms with Gasteiger partial charge in [0.15, 0.2) is 5.75 Å². The van der Waals surface area contributed by atoms with Gasteiger partial charge in [0.25, 0.3) is 0 Å². The Bertz CT molecular complexity index is 1390. The van der Waals surface area contributed by atoms with Crippen LogP contribution in [0.2, 0.25) is 15.1 Å². The molecular weight excluding hydrogens is 543 g/mol. The quantitative estimate of drug-likeness (QED) is 0.0917. The Morgan fingerprint density at radius 2 is 1.13 bits per heavy atom. The van der Waals surface area contributed by atoms with E-state index in [1.807, 2.05) is 69.3 Å². The number of carbonyl (C=O) groups excluding carboxylic acids is 1. The summed E-state index contributed by atoms with van der Waals surface area (Å²) in [5.74, 6) is 0.421. The molecule has 0 bridgehead atoms. The van der Waals surface area contributed by atoms with E-state index in [1.165, 1.54) is 12.1 Å². The van der Waals surface area contributed by atoms with Crippen LogP contribution in [0.25, 0.3) is 22.3 Å². The van der Waals surface area contributed by atoms with Crippen LogP contribution in [0.15, 0.2) is 84.9 Å². The predicted molar refractivity (Wildman–Crippen MR) is 155 cm³/mol. The molecule has 0 aromatic heterocycles. The van der Waals surface area contributed by atoms with Crippen molar-refractivity contribution in [2.75, 3.05) is 13.2 Å². The fourth-order valence-corrected chi connectivity index (χ4v) is 4.22. The molecule has 7 heteroatoms. The number of ether oxygens (including phenoxy) is 3. The standard InChI is InChI=1S/C31H27Cl3O4/c1-31(2,3)37-17-16-36-25-14-12-23(13-15-25)21-6-4-20(5-7-21)22-8-10-24(11-9-22)30(35)38-29-19-27(33)26(32)18-28(29)34/h4-15,18-19H,16-17H2,1-3H3. The molecule has 4 aromatic rings. The minimum Gasteiger partial charge on any atom is -0.491 e. The first kappa shape index (κ1) is 28.0. The first-order valence-corrected chi connectivity index (χ1v) is 13.2. The highest BCUT2D eigenvalue weighted by Gasteiger charge is 2.14. The molecule has 38 heavy (non-hydrogen) atoms. The topological polar surface area (TPSA) is 44.8 Å². The van der Waals surface area contributed by atoms with Crippen molar-refractivity contribution >= 4 is 40.8 Å². The second-order valence-electron chi connectivity index (χ2n) is 9.57. The average molecular weight is 570 g/mol. The fraction of sp³-hybridized carbons (Fsp3) is 0.194. The summed E-state index contributed by atoms with van der Waals surface area (Å²) in [5, 5.41) is 0.747. The van der Waals surface area contributed by atoms with E-state index in [9.17, 15) is 4.79 Å². The summed E-state index contributed by atoms with van der Waals surface area (Å²) in [4.78, 5) is 12.6. The summed E-state index contributed by atoms with van der Waals surface area (Å²) < 4.78 is 16.9. The number of hydrogen-bond donors (Lipinski definition) is 0. The second-order valence-corrected chi connectivity index (χ2v) is 10.8. The van der Waals surface area contributed by atoms with E-state index in [0.717, 1.165) is 28.0 Å². The zero-order valence-corrected chi connectivity index (χ0v) is 23.5. The average Bonchev–Trinajstić information content (AvgIpc) is 2.90. The summed E-state index contributed by atoms with van der Waals surface area (Å²) in [6.07, 6.45) is 0. The van der Waals surface area contributed by atoms with Crippen molar-refractivity contribution in [1.82, 2.24) is 0 Å². The van der Waals surface area contributed by atoms with Crippen molar-refractivity contribution in [3.05, 3.63) is 106 Å². The highest BCUT2D eigenvalue weighted by atomic mass is 35.5. The smallest absolute Gasteiger partial charge is 0.343 e. The SMILES string of the molecule is CC(C)(C)OCCOc1ccc(-c2ccc(-c3ccc(C(=O)Oc4cc(Cl)c(Cl)cc4Cl)cc3)cc2)cc1. The molecule has 0 aliphatic carbocycles. The Balaban J connectivity index is 1.36. The Kier molecular flexibility index (Phi) is 9.01. The third-order valence-corrected chi connectivity index (χ3v) is 6.61. The van der Waals surface area contributed by atoms with Crippen molar-refractivity contribution in [1.29, 1.82) is 0 Å². The van der Waals surface area contributed by atoms with Gasteiger partial charge in [0.1, 0.15) is 12.4 Å². The Morgan fingerprint density at radius 1 is 0.658 bits per heavy atom. The maximum atomic E-state index is 12.6. The number of halogens is 3. The van der Waals surface area contributed by atoms with E-state index in [4.69, 9.17) is 49.0 Å². The van der Waals surface area contributed by atoms with Crippen LogP contribution in [0, 0.1) is 0 Å². The van der Waals surface area contributed by atoms with Crippen LogP contribution >= 0.6 is 34.8 Å². The van der Waals surface area contributed by atoms with E-state index in [-0.39, 0.29) is 26.4 Å². The number of hydrogen-bond acceptors (Lipinski definition) is 4. The summed E-state index contributed by atoms with van der Waals surface area (Å²) in [5.41, 5.74) is 4.40. The van der Waals surface area contributed by atoms with Gasteiger partial charge in [-0.15, -0.1) is 0 Å². The fourth-order valence-electron chi connectivity index (χ4n) is 3.65. The highest BCUT2D eigenvalue weighted by molar-refractivity contribution is 6.43. The molecule has 0 amide bonds. The van der Waals surface area contributed by atoms with Crippen molar-refractivity contribution in [3.63, 3.8) is 0 Å². The molecule has 0 heterocycles. The molecule has 0 atom stereocenters. The van der Waals surface area contributed by atoms with E-state index < -0.39 is 5.97 Å². The first-order chi connectivity index (χ1) is 18.1. The molecule has 0 N–H and O–H groups in total. The summed E-state index contributed by atoms with van der Waals surface area (Å²) in [6.45, 7) is 7.12. The molecule has 196 valence electrons. The van der Waals surface area contributed by atoms with Crippen LogP contribution in [-0.2, 0) is 4.74 Å². The van der Waals surface area contributed by atoms with Gasteiger partial charge in [-0.25, -0.2) is 4.79 Å². The lowest BCUT2D eigenvalue weighted by Crippen LogP contribution is -2.22. The van der Waals surface area contributed by atoms with Crippen LogP contribution in [0.3, 0.4) is 0 Å². The maximum Gasteiger partial charge on any atom is 0.343 e. The molecule has 0 spiro atoms. The molecule has 0 aliphatic rings. The van der Waals surface area contributed by atoms with Crippen molar-refractivity contribution in [3.8, 4) is 33.8 Å². The molecule has 4 rings (SSSR count). The van der Waals surface area contributed by atoms with Crippen LogP contribution in [0.5, 0.6) is 11.5 Å². The number of carbonyl (C=O) groups is 1. The predicted octanol–water partition coefficient (Wildman–Crippen LogP) is 9.39. The lowest BCUT2D eigenvalue weighted by molar-refractivity contribution is -0.0163. The van der Waals surface area contributed by atoms with Gasteiger partial charge in [-0.2, -0.15) is 0 Å². The zero-order chi connectivity index (χ0) is 27.3. The third-order valence-electron chi connectivity index (χ3n) is 5.59. The van der Waals surface area contributed by atoms with Crippen molar-refractivity contribution in [2.24, 2.45) is 0 Å². The lowest BCUT2D eigenvalue weighted by Gasteiger charge is -2.19. The summed E-state index contributed by atoms with van der Waals surface area (Å²) >= 11 is 18.0. The van der Waals surface area contributed by atoms with Gasteiger partial charge in [0, 0.05) is 6.07 Å². The van der Waals surface area contributed by atoms with E-state index in [0.29, 0.717) is 18.8 Å². The molecule has 0 saturated carbocycles. The minimum absolute atomic E-state index is 0.153. The summed E-state index contributed by atoms with van der Waals surface area (Å²) in [6, 6.07) is 26.3. The molecule has 0 fully saturated rings. The van der Waals surface area contributed by atoms with E-state index >= 15 is 0 Å². The largest absolute Gasteiger partial charge is 0.491 e. The molecule has 0 radical (unpaired) electrons. The van der Waals surface area contributed by atoms with Gasteiger partial charge in [-0.05, 0) is 73.4 Å². The lowest BCUT2D eigenvalue weighted by atomic mass is 9.99. The second kappa shape index (κ2) is 12.2. The van der Waals surface area contributed by atoms with Gasteiger partial charge >= 0.3 is 5.97 Å². The number of esters is 1. The van der Waals surface area contributed by atoms with Gasteiger partial charge in [0.05, 0.1) is 32.8 Å². The number of benzene rings is 4. The first-order valence-electron chi connectivity index (χ1n) is 12.0. The van der Waals surface area contributed by atoms with Gasteiger partial charge in [-0.3, -0.25) is 0 Å². The van der Waals surface area contributed by atoms with E-state index in [1.54, 1.807) is 12.1 Å². The zero-order valence-electron chi connectivity index (χ0n) is 21.3. The molecule has 0 unspecified atom stereocenters. The Hall–Kier alpha value is -3.02.